The van der Waals surface area contributed by atoms with Crippen molar-refractivity contribution < 1.29 is 31.1 Å². The molecule has 1 N–H and O–H groups in total. The second-order valence-electron chi connectivity index (χ2n) is 6.08. The lowest BCUT2D eigenvalue weighted by Gasteiger charge is -2.20. The molecular formula is C16H23NO7S2. The molecule has 0 saturated carbocycles. The molecule has 0 bridgehead atoms. The number of carbonyl (C=O) groups excluding carboxylic acids is 1. The smallest absolute Gasteiger partial charge is 0.319 e. The van der Waals surface area contributed by atoms with Gasteiger partial charge in [0, 0.05) is 6.04 Å². The molecule has 1 aliphatic rings. The van der Waals surface area contributed by atoms with Crippen LogP contribution in [0.1, 0.15) is 12.5 Å². The molecule has 2 atom stereocenters. The number of rotatable bonds is 7. The molecule has 0 amide bonds. The van der Waals surface area contributed by atoms with Gasteiger partial charge in [0.05, 0.1) is 41.9 Å². The first-order valence-electron chi connectivity index (χ1n) is 8.08. The normalized spacial score (nSPS) is 22.1. The summed E-state index contributed by atoms with van der Waals surface area (Å²) in [5.74, 6) is -0.847. The first kappa shape index (κ1) is 20.7. The predicted octanol–water partition coefficient (Wildman–Crippen LogP) is 0.0956. The molecule has 26 heavy (non-hydrogen) atoms. The quantitative estimate of drug-likeness (QED) is 0.635. The van der Waals surface area contributed by atoms with Gasteiger partial charge in [-0.25, -0.2) is 16.8 Å². The highest BCUT2D eigenvalue weighted by Gasteiger charge is 2.45. The first-order chi connectivity index (χ1) is 12.1. The Kier molecular flexibility index (Phi) is 6.30. The Morgan fingerprint density at radius 2 is 2.00 bits per heavy atom. The van der Waals surface area contributed by atoms with E-state index < -0.39 is 42.7 Å². The van der Waals surface area contributed by atoms with Crippen LogP contribution in [-0.2, 0) is 29.2 Å². The van der Waals surface area contributed by atoms with Gasteiger partial charge in [-0.2, -0.15) is 0 Å². The minimum absolute atomic E-state index is 0.0286. The van der Waals surface area contributed by atoms with E-state index in [9.17, 15) is 21.6 Å². The summed E-state index contributed by atoms with van der Waals surface area (Å²) in [5.41, 5.74) is 0.630. The number of hydrogen-bond acceptors (Lipinski definition) is 8. The molecule has 1 fully saturated rings. The van der Waals surface area contributed by atoms with Gasteiger partial charge in [-0.1, -0.05) is 0 Å². The third-order valence-electron chi connectivity index (χ3n) is 4.21. The van der Waals surface area contributed by atoms with E-state index in [0.29, 0.717) is 11.3 Å². The van der Waals surface area contributed by atoms with Gasteiger partial charge in [-0.3, -0.25) is 4.79 Å². The number of nitrogens with one attached hydrogen (secondary N) is 1. The van der Waals surface area contributed by atoms with E-state index in [4.69, 9.17) is 9.47 Å². The molecule has 8 nitrogen and oxygen atoms in total. The number of esters is 1. The van der Waals surface area contributed by atoms with Crippen molar-refractivity contribution in [1.29, 1.82) is 0 Å². The molecule has 1 aliphatic heterocycles. The Morgan fingerprint density at radius 3 is 2.58 bits per heavy atom. The lowest BCUT2D eigenvalue weighted by atomic mass is 10.2. The zero-order valence-electron chi connectivity index (χ0n) is 14.9. The number of benzene rings is 1. The zero-order valence-corrected chi connectivity index (χ0v) is 16.5. The molecule has 0 unspecified atom stereocenters. The highest BCUT2D eigenvalue weighted by Crippen LogP contribution is 2.29. The van der Waals surface area contributed by atoms with Crippen LogP contribution >= 0.6 is 0 Å². The molecule has 146 valence electrons. The Labute approximate surface area is 153 Å². The molecule has 0 aliphatic carbocycles. The second kappa shape index (κ2) is 7.93. The Balaban J connectivity index is 2.29. The summed E-state index contributed by atoms with van der Waals surface area (Å²) in [6.07, 6.45) is 0. The number of sulfone groups is 2. The van der Waals surface area contributed by atoms with Crippen molar-refractivity contribution in [2.75, 3.05) is 31.8 Å². The average molecular weight is 405 g/mol. The summed E-state index contributed by atoms with van der Waals surface area (Å²) in [5, 5.41) is 1.56. The van der Waals surface area contributed by atoms with Crippen molar-refractivity contribution in [3.63, 3.8) is 0 Å². The maximum atomic E-state index is 13.0. The van der Waals surface area contributed by atoms with Gasteiger partial charge in [0.15, 0.2) is 19.7 Å². The highest BCUT2D eigenvalue weighted by molar-refractivity contribution is 7.96. The molecular weight excluding hydrogens is 382 g/mol. The Morgan fingerprint density at radius 1 is 1.31 bits per heavy atom. The van der Waals surface area contributed by atoms with Gasteiger partial charge >= 0.3 is 5.97 Å². The summed E-state index contributed by atoms with van der Waals surface area (Å²) in [4.78, 5) is 11.5. The van der Waals surface area contributed by atoms with E-state index in [2.05, 4.69) is 5.32 Å². The van der Waals surface area contributed by atoms with E-state index in [1.165, 1.54) is 25.3 Å². The molecule has 1 saturated heterocycles. The minimum Gasteiger partial charge on any atom is -0.496 e. The number of methoxy groups -OCH3 is 1. The van der Waals surface area contributed by atoms with Crippen LogP contribution in [0.5, 0.6) is 5.75 Å². The van der Waals surface area contributed by atoms with Gasteiger partial charge in [-0.05, 0) is 37.6 Å². The lowest BCUT2D eigenvalue weighted by molar-refractivity contribution is -0.142. The molecule has 0 spiro atoms. The van der Waals surface area contributed by atoms with E-state index in [-0.39, 0.29) is 23.8 Å². The fourth-order valence-corrected chi connectivity index (χ4v) is 7.74. The highest BCUT2D eigenvalue weighted by atomic mass is 32.2. The van der Waals surface area contributed by atoms with Crippen LogP contribution in [0.2, 0.25) is 0 Å². The largest absolute Gasteiger partial charge is 0.496 e. The SMILES string of the molecule is CCOC(=O)CN[C@H]1CS(=O)(=O)C[C@@H]1S(=O)(=O)c1ccc(OC)c(C)c1. The van der Waals surface area contributed by atoms with Crippen LogP contribution in [0.3, 0.4) is 0 Å². The number of ether oxygens (including phenoxy) is 2. The average Bonchev–Trinajstić information content (AvgIpc) is 2.88. The summed E-state index contributed by atoms with van der Waals surface area (Å²) in [6.45, 7) is 3.30. The summed E-state index contributed by atoms with van der Waals surface area (Å²) < 4.78 is 60.0. The van der Waals surface area contributed by atoms with Crippen molar-refractivity contribution in [2.45, 2.75) is 30.0 Å². The number of aryl methyl sites for hydroxylation is 1. The van der Waals surface area contributed by atoms with Crippen LogP contribution in [0.15, 0.2) is 23.1 Å². The van der Waals surface area contributed by atoms with Crippen molar-refractivity contribution in [3.05, 3.63) is 23.8 Å². The van der Waals surface area contributed by atoms with E-state index in [1.54, 1.807) is 13.8 Å². The Bertz CT molecular complexity index is 878. The number of carbonyl (C=O) groups is 1. The van der Waals surface area contributed by atoms with Gasteiger partial charge in [0.1, 0.15) is 5.75 Å². The third kappa shape index (κ3) is 4.54. The van der Waals surface area contributed by atoms with Gasteiger partial charge in [0.2, 0.25) is 0 Å². The summed E-state index contributed by atoms with van der Waals surface area (Å²) in [6, 6.07) is 3.51. The van der Waals surface area contributed by atoms with Crippen LogP contribution in [-0.4, -0.2) is 65.9 Å². The minimum atomic E-state index is -3.92. The molecule has 0 aromatic heterocycles. The van der Waals surface area contributed by atoms with Crippen LogP contribution in [0.4, 0.5) is 0 Å². The Hall–Kier alpha value is -1.65. The second-order valence-corrected chi connectivity index (χ2v) is 10.4. The molecule has 1 heterocycles. The van der Waals surface area contributed by atoms with E-state index >= 15 is 0 Å². The summed E-state index contributed by atoms with van der Waals surface area (Å²) in [7, 11) is -5.97. The third-order valence-corrected chi connectivity index (χ3v) is 8.36. The van der Waals surface area contributed by atoms with Crippen molar-refractivity contribution >= 4 is 25.6 Å². The lowest BCUT2D eigenvalue weighted by Crippen LogP contribution is -2.45. The van der Waals surface area contributed by atoms with E-state index in [1.807, 2.05) is 0 Å². The van der Waals surface area contributed by atoms with Crippen molar-refractivity contribution in [1.82, 2.24) is 5.32 Å². The maximum Gasteiger partial charge on any atom is 0.319 e. The molecule has 10 heteroatoms. The number of hydrogen-bond donors (Lipinski definition) is 1. The van der Waals surface area contributed by atoms with Gasteiger partial charge < -0.3 is 14.8 Å². The zero-order chi connectivity index (χ0) is 19.5. The van der Waals surface area contributed by atoms with E-state index in [0.717, 1.165) is 0 Å². The molecule has 0 radical (unpaired) electrons. The van der Waals surface area contributed by atoms with Crippen LogP contribution < -0.4 is 10.1 Å². The van der Waals surface area contributed by atoms with Crippen LogP contribution in [0, 0.1) is 6.92 Å². The monoisotopic (exact) mass is 405 g/mol. The fraction of sp³-hybridized carbons (Fsp3) is 0.562. The first-order valence-corrected chi connectivity index (χ1v) is 11.5. The molecule has 2 rings (SSSR count). The van der Waals surface area contributed by atoms with Crippen molar-refractivity contribution in [2.24, 2.45) is 0 Å². The van der Waals surface area contributed by atoms with Crippen molar-refractivity contribution in [3.8, 4) is 5.75 Å². The summed E-state index contributed by atoms with van der Waals surface area (Å²) >= 11 is 0. The predicted molar refractivity (Wildman–Crippen MR) is 95.8 cm³/mol. The molecule has 1 aromatic rings. The maximum absolute atomic E-state index is 13.0. The molecule has 1 aromatic carbocycles. The van der Waals surface area contributed by atoms with Gasteiger partial charge in [-0.15, -0.1) is 0 Å². The topological polar surface area (TPSA) is 116 Å². The fourth-order valence-electron chi connectivity index (χ4n) is 2.94. The standard InChI is InChI=1S/C16H23NO7S2/c1-4-24-16(18)8-17-13-9-25(19,20)10-15(13)26(21,22)12-5-6-14(23-3)11(2)7-12/h5-7,13,15,17H,4,8-10H2,1-3H3/t13-,15-/m0/s1. The van der Waals surface area contributed by atoms with Gasteiger partial charge in [0.25, 0.3) is 0 Å². The van der Waals surface area contributed by atoms with Crippen LogP contribution in [0.25, 0.3) is 0 Å².